The van der Waals surface area contributed by atoms with Crippen molar-refractivity contribution in [3.63, 3.8) is 0 Å². The molecule has 0 saturated carbocycles. The van der Waals surface area contributed by atoms with Crippen LogP contribution in [0, 0.1) is 0 Å². The van der Waals surface area contributed by atoms with Gasteiger partial charge in [-0.1, -0.05) is 174 Å². The molecular formula is C44H36P2. The predicted octanol–water partition coefficient (Wildman–Crippen LogP) is 11.6. The van der Waals surface area contributed by atoms with E-state index in [9.17, 15) is 0 Å². The van der Waals surface area contributed by atoms with Crippen LogP contribution in [0.2, 0.25) is 0 Å². The Morgan fingerprint density at radius 3 is 0.913 bits per heavy atom. The maximum Gasteiger partial charge on any atom is -0.00203 e. The molecule has 0 fully saturated rings. The van der Waals surface area contributed by atoms with Crippen LogP contribution in [0.1, 0.15) is 11.1 Å². The third-order valence-corrected chi connectivity index (χ3v) is 14.7. The molecule has 0 aromatic heterocycles. The van der Waals surface area contributed by atoms with Crippen molar-refractivity contribution >= 4 is 69.5 Å². The van der Waals surface area contributed by atoms with E-state index in [1.165, 1.54) is 77.1 Å². The summed E-state index contributed by atoms with van der Waals surface area (Å²) in [6.07, 6.45) is 4.60. The zero-order valence-electron chi connectivity index (χ0n) is 25.9. The second-order valence-electron chi connectivity index (χ2n) is 12.1. The highest BCUT2D eigenvalue weighted by Gasteiger charge is 2.21. The normalized spacial score (nSPS) is 13.0. The molecule has 0 radical (unpaired) electrons. The second-order valence-corrected chi connectivity index (χ2v) is 16.8. The van der Waals surface area contributed by atoms with Gasteiger partial charge in [-0.25, -0.2) is 0 Å². The van der Waals surface area contributed by atoms with Crippen LogP contribution in [0.5, 0.6) is 0 Å². The van der Waals surface area contributed by atoms with Crippen LogP contribution in [0.3, 0.4) is 0 Å². The summed E-state index contributed by atoms with van der Waals surface area (Å²) in [5.41, 5.74) is 3.01. The molecule has 0 N–H and O–H groups in total. The molecule has 0 saturated heterocycles. The Bertz CT molecular complexity index is 2000. The lowest BCUT2D eigenvalue weighted by molar-refractivity contribution is 1.38. The Morgan fingerprint density at radius 2 is 0.587 bits per heavy atom. The largest absolute Gasteiger partial charge is 0.0704 e. The molecule has 2 unspecified atom stereocenters. The third kappa shape index (κ3) is 5.85. The first-order valence-electron chi connectivity index (χ1n) is 16.2. The molecule has 2 heteroatoms. The lowest BCUT2D eigenvalue weighted by Gasteiger charge is -2.25. The molecule has 0 amide bonds. The van der Waals surface area contributed by atoms with Crippen LogP contribution < -0.4 is 10.6 Å². The van der Waals surface area contributed by atoms with E-state index in [1.54, 1.807) is 0 Å². The van der Waals surface area contributed by atoms with Gasteiger partial charge in [-0.2, -0.15) is 0 Å². The first-order chi connectivity index (χ1) is 22.8. The standard InChI is InChI=1S/C44H36P2/c1-3-19-37(20-4-1)45(31-43-39-23-11-7-15-33(39)29-34-16-8-12-24-40(34)43)27-28-46(38-21-5-2-6-22-38)32-44-41-25-13-9-17-35(41)30-36-18-10-14-26-42(36)44/h1-26,29-30H,27-28,31-32H2. The second kappa shape index (κ2) is 13.2. The van der Waals surface area contributed by atoms with Crippen molar-refractivity contribution < 1.29 is 0 Å². The van der Waals surface area contributed by atoms with Crippen molar-refractivity contribution in [1.82, 2.24) is 0 Å². The number of benzene rings is 8. The highest BCUT2D eigenvalue weighted by atomic mass is 31.1. The molecule has 222 valence electrons. The molecule has 46 heavy (non-hydrogen) atoms. The molecule has 8 aromatic carbocycles. The van der Waals surface area contributed by atoms with E-state index in [0.29, 0.717) is 0 Å². The number of hydrogen-bond donors (Lipinski definition) is 0. The summed E-state index contributed by atoms with van der Waals surface area (Å²) in [5.74, 6) is 0. The predicted molar refractivity (Wildman–Crippen MR) is 206 cm³/mol. The molecule has 0 spiro atoms. The first kappa shape index (κ1) is 29.1. The molecule has 8 rings (SSSR count). The van der Waals surface area contributed by atoms with Crippen molar-refractivity contribution in [3.8, 4) is 0 Å². The van der Waals surface area contributed by atoms with Crippen LogP contribution in [0.15, 0.2) is 170 Å². The van der Waals surface area contributed by atoms with Gasteiger partial charge >= 0.3 is 0 Å². The summed E-state index contributed by atoms with van der Waals surface area (Å²) < 4.78 is 0. The maximum atomic E-state index is 2.38. The molecule has 0 aliphatic rings. The van der Waals surface area contributed by atoms with E-state index in [2.05, 4.69) is 170 Å². The highest BCUT2D eigenvalue weighted by Crippen LogP contribution is 2.49. The van der Waals surface area contributed by atoms with Gasteiger partial charge < -0.3 is 0 Å². The molecule has 0 aliphatic carbocycles. The van der Waals surface area contributed by atoms with E-state index in [0.717, 1.165) is 12.3 Å². The van der Waals surface area contributed by atoms with Gasteiger partial charge in [0.2, 0.25) is 0 Å². The minimum Gasteiger partial charge on any atom is -0.0704 e. The molecule has 0 nitrogen and oxygen atoms in total. The quantitative estimate of drug-likeness (QED) is 0.110. The number of fused-ring (bicyclic) bond motifs is 4. The van der Waals surface area contributed by atoms with Crippen LogP contribution in [-0.2, 0) is 12.3 Å². The van der Waals surface area contributed by atoms with Crippen LogP contribution >= 0.6 is 15.8 Å². The van der Waals surface area contributed by atoms with Crippen LogP contribution in [0.4, 0.5) is 0 Å². The van der Waals surface area contributed by atoms with Crippen LogP contribution in [0.25, 0.3) is 43.1 Å². The summed E-state index contributed by atoms with van der Waals surface area (Å²) in [5, 5.41) is 14.0. The van der Waals surface area contributed by atoms with Gasteiger partial charge in [0.25, 0.3) is 0 Å². The molecule has 0 bridgehead atoms. The summed E-state index contributed by atoms with van der Waals surface area (Å²) >= 11 is 0. The Morgan fingerprint density at radius 1 is 0.304 bits per heavy atom. The molecule has 2 atom stereocenters. The minimum atomic E-state index is -0.429. The average Bonchev–Trinajstić information content (AvgIpc) is 3.12. The van der Waals surface area contributed by atoms with Crippen molar-refractivity contribution in [1.29, 1.82) is 0 Å². The van der Waals surface area contributed by atoms with Crippen molar-refractivity contribution in [2.24, 2.45) is 0 Å². The Balaban J connectivity index is 1.20. The Kier molecular flexibility index (Phi) is 8.33. The van der Waals surface area contributed by atoms with Gasteiger partial charge in [0.15, 0.2) is 0 Å². The van der Waals surface area contributed by atoms with Gasteiger partial charge in [0, 0.05) is 0 Å². The Hall–Kier alpha value is -4.34. The SMILES string of the molecule is c1ccc(P(CCP(Cc2c3ccccc3cc3ccccc23)c2ccccc2)Cc2c3ccccc3cc3ccccc23)cc1. The maximum absolute atomic E-state index is 2.38. The van der Waals surface area contributed by atoms with E-state index >= 15 is 0 Å². The molecule has 0 heterocycles. The Labute approximate surface area is 274 Å². The summed E-state index contributed by atoms with van der Waals surface area (Å²) in [6, 6.07) is 63.4. The van der Waals surface area contributed by atoms with Crippen molar-refractivity contribution in [2.45, 2.75) is 12.3 Å². The van der Waals surface area contributed by atoms with Crippen molar-refractivity contribution in [2.75, 3.05) is 12.3 Å². The fourth-order valence-electron chi connectivity index (χ4n) is 7.06. The topological polar surface area (TPSA) is 0 Å². The highest BCUT2D eigenvalue weighted by molar-refractivity contribution is 7.68. The van der Waals surface area contributed by atoms with Gasteiger partial charge in [-0.3, -0.25) is 0 Å². The first-order valence-corrected chi connectivity index (χ1v) is 19.6. The third-order valence-electron chi connectivity index (χ3n) is 9.35. The van der Waals surface area contributed by atoms with Gasteiger partial charge in [0.05, 0.1) is 0 Å². The monoisotopic (exact) mass is 626 g/mol. The summed E-state index contributed by atoms with van der Waals surface area (Å²) in [6.45, 7) is 0. The van der Waals surface area contributed by atoms with E-state index in [1.807, 2.05) is 0 Å². The zero-order valence-corrected chi connectivity index (χ0v) is 27.7. The van der Waals surface area contributed by atoms with Gasteiger partial charge in [-0.15, -0.1) is 0 Å². The van der Waals surface area contributed by atoms with Gasteiger partial charge in [-0.05, 0) is 102 Å². The lowest BCUT2D eigenvalue weighted by Crippen LogP contribution is -2.12. The molecular weight excluding hydrogens is 590 g/mol. The lowest BCUT2D eigenvalue weighted by atomic mass is 9.98. The van der Waals surface area contributed by atoms with Crippen LogP contribution in [-0.4, -0.2) is 12.3 Å². The summed E-state index contributed by atoms with van der Waals surface area (Å²) in [7, 11) is -0.858. The molecule has 0 aliphatic heterocycles. The van der Waals surface area contributed by atoms with Gasteiger partial charge in [0.1, 0.15) is 0 Å². The van der Waals surface area contributed by atoms with E-state index in [-0.39, 0.29) is 0 Å². The van der Waals surface area contributed by atoms with E-state index in [4.69, 9.17) is 0 Å². The summed E-state index contributed by atoms with van der Waals surface area (Å²) in [4.78, 5) is 0. The number of rotatable bonds is 9. The minimum absolute atomic E-state index is 0.429. The smallest absolute Gasteiger partial charge is 0.00203 e. The van der Waals surface area contributed by atoms with E-state index < -0.39 is 15.8 Å². The fraction of sp³-hybridized carbons (Fsp3) is 0.0909. The molecule has 8 aromatic rings. The fourth-order valence-corrected chi connectivity index (χ4v) is 12.8. The number of hydrogen-bond acceptors (Lipinski definition) is 0. The zero-order chi connectivity index (χ0) is 30.7. The van der Waals surface area contributed by atoms with Crippen molar-refractivity contribution in [3.05, 3.63) is 181 Å². The average molecular weight is 627 g/mol.